The minimum absolute atomic E-state index is 0.300. The molecule has 1 fully saturated rings. The van der Waals surface area contributed by atoms with Crippen molar-refractivity contribution in [2.24, 2.45) is 0 Å². The molecule has 2 aromatic rings. The van der Waals surface area contributed by atoms with Crippen LogP contribution in [0.5, 0.6) is 5.88 Å². The summed E-state index contributed by atoms with van der Waals surface area (Å²) in [7, 11) is -1.75. The van der Waals surface area contributed by atoms with Gasteiger partial charge in [-0.25, -0.2) is 13.4 Å². The number of methoxy groups -OCH3 is 1. The molecule has 0 radical (unpaired) electrons. The molecule has 1 aliphatic rings. The number of benzene rings is 1. The van der Waals surface area contributed by atoms with E-state index in [1.54, 1.807) is 7.11 Å². The van der Waals surface area contributed by atoms with Crippen molar-refractivity contribution in [3.05, 3.63) is 52.7 Å². The van der Waals surface area contributed by atoms with Crippen LogP contribution < -0.4 is 9.46 Å². The van der Waals surface area contributed by atoms with E-state index in [2.05, 4.69) is 21.8 Å². The van der Waals surface area contributed by atoms with Gasteiger partial charge in [0.15, 0.2) is 0 Å². The van der Waals surface area contributed by atoms with Crippen LogP contribution in [-0.4, -0.2) is 26.8 Å². The third-order valence-electron chi connectivity index (χ3n) is 4.29. The number of pyridine rings is 1. The Balaban J connectivity index is 1.77. The number of hydrogen-bond acceptors (Lipinski definition) is 4. The first-order valence-electron chi connectivity index (χ1n) is 7.63. The Bertz CT molecular complexity index is 831. The number of ether oxygens (including phenoxy) is 1. The first-order chi connectivity index (χ1) is 11.4. The summed E-state index contributed by atoms with van der Waals surface area (Å²) in [5.41, 5.74) is 2.67. The molecular weight excluding hydrogens is 348 g/mol. The van der Waals surface area contributed by atoms with Crippen LogP contribution in [0, 0.1) is 0 Å². The molecule has 1 saturated carbocycles. The number of halogens is 1. The van der Waals surface area contributed by atoms with Crippen LogP contribution in [0.3, 0.4) is 0 Å². The third-order valence-corrected chi connectivity index (χ3v) is 5.15. The Morgan fingerprint density at radius 1 is 1.21 bits per heavy atom. The van der Waals surface area contributed by atoms with Crippen LogP contribution in [-0.2, 0) is 10.0 Å². The standard InChI is InChI=1S/C17H19ClN2O3S/c1-23-17-16(9-15(10-19-17)20-24(2,21)22)13-7-12(8-13)11-3-5-14(18)6-4-11/h3-6,9-10,12-13,20H,7-8H2,1-2H3/t12-,13-. The number of anilines is 1. The molecule has 0 bridgehead atoms. The van der Waals surface area contributed by atoms with Crippen molar-refractivity contribution in [2.75, 3.05) is 18.1 Å². The summed E-state index contributed by atoms with van der Waals surface area (Å²) >= 11 is 5.93. The van der Waals surface area contributed by atoms with Gasteiger partial charge in [0.25, 0.3) is 0 Å². The van der Waals surface area contributed by atoms with Crippen molar-refractivity contribution in [3.8, 4) is 5.88 Å². The SMILES string of the molecule is COc1ncc(NS(C)(=O)=O)cc1[C@H]1C[C@H](c2ccc(Cl)cc2)C1. The molecule has 128 valence electrons. The van der Waals surface area contributed by atoms with E-state index in [1.807, 2.05) is 18.2 Å². The van der Waals surface area contributed by atoms with E-state index in [0.717, 1.165) is 29.7 Å². The summed E-state index contributed by atoms with van der Waals surface area (Å²) in [6, 6.07) is 9.74. The van der Waals surface area contributed by atoms with Crippen molar-refractivity contribution in [1.82, 2.24) is 4.98 Å². The highest BCUT2D eigenvalue weighted by atomic mass is 35.5. The normalized spacial score (nSPS) is 20.3. The van der Waals surface area contributed by atoms with Crippen LogP contribution in [0.2, 0.25) is 5.02 Å². The molecule has 3 rings (SSSR count). The average Bonchev–Trinajstić information content (AvgIpc) is 2.46. The molecule has 1 aromatic heterocycles. The number of aromatic nitrogens is 1. The molecular formula is C17H19ClN2O3S. The lowest BCUT2D eigenvalue weighted by Gasteiger charge is -2.36. The van der Waals surface area contributed by atoms with Gasteiger partial charge < -0.3 is 4.74 Å². The van der Waals surface area contributed by atoms with Gasteiger partial charge in [-0.15, -0.1) is 0 Å². The van der Waals surface area contributed by atoms with E-state index >= 15 is 0 Å². The lowest BCUT2D eigenvalue weighted by Crippen LogP contribution is -2.21. The maximum atomic E-state index is 11.4. The average molecular weight is 367 g/mol. The lowest BCUT2D eigenvalue weighted by molar-refractivity contribution is 0.328. The van der Waals surface area contributed by atoms with Gasteiger partial charge in [0.05, 0.1) is 25.2 Å². The number of nitrogens with zero attached hydrogens (tertiary/aromatic N) is 1. The molecule has 5 nitrogen and oxygen atoms in total. The summed E-state index contributed by atoms with van der Waals surface area (Å²) in [4.78, 5) is 4.23. The number of rotatable bonds is 5. The largest absolute Gasteiger partial charge is 0.481 e. The van der Waals surface area contributed by atoms with Gasteiger partial charge in [-0.2, -0.15) is 0 Å². The van der Waals surface area contributed by atoms with Crippen molar-refractivity contribution >= 4 is 27.3 Å². The highest BCUT2D eigenvalue weighted by Gasteiger charge is 2.33. The van der Waals surface area contributed by atoms with E-state index in [4.69, 9.17) is 16.3 Å². The first kappa shape index (κ1) is 17.0. The molecule has 1 N–H and O–H groups in total. The summed E-state index contributed by atoms with van der Waals surface area (Å²) < 4.78 is 30.6. The van der Waals surface area contributed by atoms with Crippen LogP contribution in [0.4, 0.5) is 5.69 Å². The zero-order valence-corrected chi connectivity index (χ0v) is 15.1. The van der Waals surface area contributed by atoms with Crippen molar-refractivity contribution in [3.63, 3.8) is 0 Å². The highest BCUT2D eigenvalue weighted by molar-refractivity contribution is 7.92. The molecule has 1 heterocycles. The van der Waals surface area contributed by atoms with Gasteiger partial charge in [-0.05, 0) is 48.4 Å². The molecule has 1 aromatic carbocycles. The maximum Gasteiger partial charge on any atom is 0.229 e. The maximum absolute atomic E-state index is 11.4. The van der Waals surface area contributed by atoms with Gasteiger partial charge in [0.1, 0.15) is 0 Å². The Morgan fingerprint density at radius 2 is 1.88 bits per heavy atom. The second kappa shape index (κ2) is 6.61. The Kier molecular flexibility index (Phi) is 4.69. The number of sulfonamides is 1. The van der Waals surface area contributed by atoms with Crippen molar-refractivity contribution < 1.29 is 13.2 Å². The monoisotopic (exact) mass is 366 g/mol. The Labute approximate surface area is 147 Å². The fourth-order valence-corrected chi connectivity index (χ4v) is 3.75. The quantitative estimate of drug-likeness (QED) is 0.874. The van der Waals surface area contributed by atoms with Crippen LogP contribution >= 0.6 is 11.6 Å². The van der Waals surface area contributed by atoms with Crippen molar-refractivity contribution in [2.45, 2.75) is 24.7 Å². The first-order valence-corrected chi connectivity index (χ1v) is 9.90. The van der Waals surface area contributed by atoms with Crippen LogP contribution in [0.1, 0.15) is 35.8 Å². The lowest BCUT2D eigenvalue weighted by atomic mass is 9.68. The molecule has 0 amide bonds. The van der Waals surface area contributed by atoms with Crippen molar-refractivity contribution in [1.29, 1.82) is 0 Å². The molecule has 24 heavy (non-hydrogen) atoms. The van der Waals surface area contributed by atoms with Gasteiger partial charge in [-0.3, -0.25) is 4.72 Å². The zero-order valence-electron chi connectivity index (χ0n) is 13.5. The third kappa shape index (κ3) is 3.82. The molecule has 0 aliphatic heterocycles. The fourth-order valence-electron chi connectivity index (χ4n) is 3.08. The molecule has 0 spiro atoms. The van der Waals surface area contributed by atoms with Gasteiger partial charge in [0.2, 0.25) is 15.9 Å². The van der Waals surface area contributed by atoms with E-state index in [9.17, 15) is 8.42 Å². The molecule has 1 aliphatic carbocycles. The molecule has 0 saturated heterocycles. The van der Waals surface area contributed by atoms with E-state index in [0.29, 0.717) is 23.4 Å². The minimum atomic E-state index is -3.33. The predicted octanol–water partition coefficient (Wildman–Crippen LogP) is 3.78. The van der Waals surface area contributed by atoms with Gasteiger partial charge in [0, 0.05) is 10.6 Å². The summed E-state index contributed by atoms with van der Waals surface area (Å²) in [6.07, 6.45) is 4.54. The zero-order chi connectivity index (χ0) is 17.3. The number of nitrogens with one attached hydrogen (secondary N) is 1. The highest BCUT2D eigenvalue weighted by Crippen LogP contribution is 2.49. The van der Waals surface area contributed by atoms with E-state index < -0.39 is 10.0 Å². The Hall–Kier alpha value is -1.79. The predicted molar refractivity (Wildman–Crippen MR) is 95.4 cm³/mol. The molecule has 0 unspecified atom stereocenters. The second-order valence-electron chi connectivity index (χ2n) is 6.11. The van der Waals surface area contributed by atoms with E-state index in [1.165, 1.54) is 11.8 Å². The Morgan fingerprint density at radius 3 is 2.46 bits per heavy atom. The minimum Gasteiger partial charge on any atom is -0.481 e. The summed E-state index contributed by atoms with van der Waals surface area (Å²) in [5, 5.41) is 0.736. The van der Waals surface area contributed by atoms with Crippen LogP contribution in [0.25, 0.3) is 0 Å². The fraction of sp³-hybridized carbons (Fsp3) is 0.353. The second-order valence-corrected chi connectivity index (χ2v) is 8.30. The van der Waals surface area contributed by atoms with E-state index in [-0.39, 0.29) is 0 Å². The molecule has 0 atom stereocenters. The smallest absolute Gasteiger partial charge is 0.229 e. The van der Waals surface area contributed by atoms with Gasteiger partial charge >= 0.3 is 0 Å². The van der Waals surface area contributed by atoms with Crippen LogP contribution in [0.15, 0.2) is 36.5 Å². The van der Waals surface area contributed by atoms with Gasteiger partial charge in [-0.1, -0.05) is 23.7 Å². The summed E-state index contributed by atoms with van der Waals surface area (Å²) in [5.74, 6) is 1.33. The number of hydrogen-bond donors (Lipinski definition) is 1. The summed E-state index contributed by atoms with van der Waals surface area (Å²) in [6.45, 7) is 0. The molecule has 7 heteroatoms. The topological polar surface area (TPSA) is 68.3 Å².